The number of carbonyl (C=O) groups is 1. The van der Waals surface area contributed by atoms with Crippen LogP contribution in [0, 0.1) is 5.92 Å². The SMILES string of the molecule is O=C(C1CC1)N1CCSC1c1cccs1. The minimum atomic E-state index is 0.304. The highest BCUT2D eigenvalue weighted by atomic mass is 32.2. The number of amides is 1. The van der Waals surface area contributed by atoms with Crippen molar-refractivity contribution in [2.75, 3.05) is 12.3 Å². The van der Waals surface area contributed by atoms with Crippen LogP contribution in [-0.2, 0) is 4.79 Å². The summed E-state index contributed by atoms with van der Waals surface area (Å²) < 4.78 is 0. The first-order valence-electron chi connectivity index (χ1n) is 5.32. The maximum Gasteiger partial charge on any atom is 0.226 e. The van der Waals surface area contributed by atoms with Crippen LogP contribution in [0.15, 0.2) is 17.5 Å². The molecule has 1 atom stereocenters. The Kier molecular flexibility index (Phi) is 2.48. The van der Waals surface area contributed by atoms with Gasteiger partial charge in [-0.15, -0.1) is 23.1 Å². The van der Waals surface area contributed by atoms with Gasteiger partial charge in [-0.25, -0.2) is 0 Å². The lowest BCUT2D eigenvalue weighted by molar-refractivity contribution is -0.132. The molecule has 1 saturated heterocycles. The summed E-state index contributed by atoms with van der Waals surface area (Å²) in [5.74, 6) is 1.82. The largest absolute Gasteiger partial charge is 0.325 e. The van der Waals surface area contributed by atoms with E-state index in [1.54, 1.807) is 11.3 Å². The lowest BCUT2D eigenvalue weighted by Crippen LogP contribution is -2.31. The highest BCUT2D eigenvalue weighted by Crippen LogP contribution is 2.43. The van der Waals surface area contributed by atoms with Gasteiger partial charge in [0.05, 0.1) is 0 Å². The molecular formula is C11H13NOS2. The van der Waals surface area contributed by atoms with Crippen molar-refractivity contribution in [1.82, 2.24) is 4.90 Å². The van der Waals surface area contributed by atoms with E-state index in [0.717, 1.165) is 25.1 Å². The summed E-state index contributed by atoms with van der Waals surface area (Å²) in [5, 5.41) is 2.40. The van der Waals surface area contributed by atoms with Crippen LogP contribution in [0.1, 0.15) is 23.1 Å². The number of carbonyl (C=O) groups excluding carboxylic acids is 1. The average Bonchev–Trinajstić information content (AvgIpc) is 2.80. The molecule has 0 bridgehead atoms. The topological polar surface area (TPSA) is 20.3 Å². The van der Waals surface area contributed by atoms with E-state index in [-0.39, 0.29) is 0 Å². The third-order valence-electron chi connectivity index (χ3n) is 2.89. The predicted molar refractivity (Wildman–Crippen MR) is 64.0 cm³/mol. The predicted octanol–water partition coefficient (Wildman–Crippen LogP) is 2.73. The van der Waals surface area contributed by atoms with Crippen molar-refractivity contribution < 1.29 is 4.79 Å². The Morgan fingerprint density at radius 2 is 2.33 bits per heavy atom. The normalized spacial score (nSPS) is 25.9. The summed E-state index contributed by atoms with van der Waals surface area (Å²) >= 11 is 3.66. The highest BCUT2D eigenvalue weighted by Gasteiger charge is 2.39. The van der Waals surface area contributed by atoms with Gasteiger partial charge < -0.3 is 4.90 Å². The average molecular weight is 239 g/mol. The lowest BCUT2D eigenvalue weighted by atomic mass is 10.3. The van der Waals surface area contributed by atoms with Crippen LogP contribution in [0.2, 0.25) is 0 Å². The maximum atomic E-state index is 12.0. The van der Waals surface area contributed by atoms with Crippen LogP contribution in [0.3, 0.4) is 0 Å². The number of thioether (sulfide) groups is 1. The molecule has 1 saturated carbocycles. The van der Waals surface area contributed by atoms with E-state index in [0.29, 0.717) is 17.2 Å². The third kappa shape index (κ3) is 1.81. The van der Waals surface area contributed by atoms with Crippen molar-refractivity contribution in [3.63, 3.8) is 0 Å². The molecule has 1 aromatic heterocycles. The molecule has 1 aliphatic carbocycles. The fraction of sp³-hybridized carbons (Fsp3) is 0.545. The second-order valence-corrected chi connectivity index (χ2v) is 6.21. The molecule has 0 radical (unpaired) electrons. The number of nitrogens with zero attached hydrogens (tertiary/aromatic N) is 1. The van der Waals surface area contributed by atoms with E-state index in [2.05, 4.69) is 22.4 Å². The maximum absolute atomic E-state index is 12.0. The molecule has 3 rings (SSSR count). The van der Waals surface area contributed by atoms with Crippen LogP contribution in [-0.4, -0.2) is 23.1 Å². The molecule has 15 heavy (non-hydrogen) atoms. The standard InChI is InChI=1S/C11H13NOS2/c13-10(8-3-4-8)12-5-7-15-11(12)9-2-1-6-14-9/h1-2,6,8,11H,3-5,7H2. The van der Waals surface area contributed by atoms with Crippen molar-refractivity contribution in [3.05, 3.63) is 22.4 Å². The van der Waals surface area contributed by atoms with Crippen LogP contribution >= 0.6 is 23.1 Å². The Labute approximate surface area is 97.7 Å². The first-order chi connectivity index (χ1) is 7.36. The summed E-state index contributed by atoms with van der Waals surface area (Å²) in [4.78, 5) is 15.4. The summed E-state index contributed by atoms with van der Waals surface area (Å²) in [6.45, 7) is 0.933. The van der Waals surface area contributed by atoms with Crippen molar-refractivity contribution in [3.8, 4) is 0 Å². The van der Waals surface area contributed by atoms with E-state index in [4.69, 9.17) is 0 Å². The number of hydrogen-bond donors (Lipinski definition) is 0. The molecule has 1 unspecified atom stereocenters. The number of thiophene rings is 1. The smallest absolute Gasteiger partial charge is 0.226 e. The van der Waals surface area contributed by atoms with Gasteiger partial charge >= 0.3 is 0 Å². The lowest BCUT2D eigenvalue weighted by Gasteiger charge is -2.22. The minimum Gasteiger partial charge on any atom is -0.325 e. The molecule has 2 fully saturated rings. The zero-order valence-electron chi connectivity index (χ0n) is 8.39. The van der Waals surface area contributed by atoms with Crippen LogP contribution in [0.4, 0.5) is 0 Å². The van der Waals surface area contributed by atoms with E-state index in [1.165, 1.54) is 4.88 Å². The molecule has 0 aromatic carbocycles. The van der Waals surface area contributed by atoms with E-state index in [9.17, 15) is 4.79 Å². The monoisotopic (exact) mass is 239 g/mol. The van der Waals surface area contributed by atoms with Gasteiger partial charge in [-0.1, -0.05) is 6.07 Å². The van der Waals surface area contributed by atoms with Gasteiger partial charge in [0.1, 0.15) is 5.37 Å². The Morgan fingerprint density at radius 1 is 1.47 bits per heavy atom. The number of rotatable bonds is 2. The molecule has 0 spiro atoms. The molecule has 2 aliphatic rings. The molecule has 2 heterocycles. The second kappa shape index (κ2) is 3.83. The second-order valence-electron chi connectivity index (χ2n) is 4.04. The van der Waals surface area contributed by atoms with Crippen molar-refractivity contribution in [1.29, 1.82) is 0 Å². The summed E-state index contributed by atoms with van der Waals surface area (Å²) in [5.41, 5.74) is 0. The summed E-state index contributed by atoms with van der Waals surface area (Å²) in [6, 6.07) is 4.21. The van der Waals surface area contributed by atoms with Gasteiger partial charge in [-0.3, -0.25) is 4.79 Å². The first-order valence-corrected chi connectivity index (χ1v) is 7.24. The summed E-state index contributed by atoms with van der Waals surface area (Å²) in [6.07, 6.45) is 2.22. The molecule has 1 amide bonds. The quantitative estimate of drug-likeness (QED) is 0.791. The van der Waals surface area contributed by atoms with Gasteiger partial charge in [0.2, 0.25) is 5.91 Å². The zero-order valence-corrected chi connectivity index (χ0v) is 10.0. The fourth-order valence-corrected chi connectivity index (χ4v) is 4.17. The van der Waals surface area contributed by atoms with Crippen LogP contribution < -0.4 is 0 Å². The first kappa shape index (κ1) is 9.73. The minimum absolute atomic E-state index is 0.304. The van der Waals surface area contributed by atoms with E-state index in [1.807, 2.05) is 11.8 Å². The zero-order chi connectivity index (χ0) is 10.3. The molecule has 1 aromatic rings. The third-order valence-corrected chi connectivity index (χ3v) is 5.20. The Hall–Kier alpha value is -0.480. The van der Waals surface area contributed by atoms with Gasteiger partial charge in [0, 0.05) is 23.1 Å². The fourth-order valence-electron chi connectivity index (χ4n) is 1.93. The molecule has 4 heteroatoms. The van der Waals surface area contributed by atoms with Crippen molar-refractivity contribution in [2.24, 2.45) is 5.92 Å². The Balaban J connectivity index is 1.79. The van der Waals surface area contributed by atoms with E-state index >= 15 is 0 Å². The van der Waals surface area contributed by atoms with Crippen LogP contribution in [0.25, 0.3) is 0 Å². The Bertz CT molecular complexity index is 359. The van der Waals surface area contributed by atoms with Gasteiger partial charge in [-0.2, -0.15) is 0 Å². The summed E-state index contributed by atoms with van der Waals surface area (Å²) in [7, 11) is 0. The molecule has 2 nitrogen and oxygen atoms in total. The number of hydrogen-bond acceptors (Lipinski definition) is 3. The molecular weight excluding hydrogens is 226 g/mol. The van der Waals surface area contributed by atoms with Gasteiger partial charge in [0.25, 0.3) is 0 Å². The van der Waals surface area contributed by atoms with Crippen molar-refractivity contribution in [2.45, 2.75) is 18.2 Å². The van der Waals surface area contributed by atoms with E-state index < -0.39 is 0 Å². The molecule has 0 N–H and O–H groups in total. The van der Waals surface area contributed by atoms with Gasteiger partial charge in [-0.05, 0) is 24.3 Å². The molecule has 1 aliphatic heterocycles. The molecule has 80 valence electrons. The van der Waals surface area contributed by atoms with Crippen LogP contribution in [0.5, 0.6) is 0 Å². The Morgan fingerprint density at radius 3 is 3.00 bits per heavy atom. The highest BCUT2D eigenvalue weighted by molar-refractivity contribution is 7.99. The van der Waals surface area contributed by atoms with Gasteiger partial charge in [0.15, 0.2) is 0 Å². The van der Waals surface area contributed by atoms with Crippen molar-refractivity contribution >= 4 is 29.0 Å².